The van der Waals surface area contributed by atoms with Crippen molar-refractivity contribution in [3.05, 3.63) is 59.9 Å². The van der Waals surface area contributed by atoms with Crippen LogP contribution in [0.2, 0.25) is 0 Å². The van der Waals surface area contributed by atoms with E-state index in [9.17, 15) is 9.18 Å². The Morgan fingerprint density at radius 1 is 1.21 bits per heavy atom. The maximum Gasteiger partial charge on any atom is 0.146 e. The molecule has 0 amide bonds. The largest absolute Gasteiger partial charge is 0.497 e. The Bertz CT molecular complexity index is 572. The molecular formula is C15H14FNO2. The lowest BCUT2D eigenvalue weighted by molar-refractivity contribution is -0.108. The Morgan fingerprint density at radius 3 is 2.68 bits per heavy atom. The van der Waals surface area contributed by atoms with Gasteiger partial charge in [-0.2, -0.15) is 0 Å². The molecule has 19 heavy (non-hydrogen) atoms. The van der Waals surface area contributed by atoms with Crippen LogP contribution in [0.1, 0.15) is 11.6 Å². The predicted octanol–water partition coefficient (Wildman–Crippen LogP) is 3.19. The zero-order chi connectivity index (χ0) is 13.7. The van der Waals surface area contributed by atoms with Gasteiger partial charge in [0.05, 0.1) is 7.11 Å². The van der Waals surface area contributed by atoms with E-state index >= 15 is 0 Å². The normalized spacial score (nSPS) is 11.7. The molecule has 4 heteroatoms. The summed E-state index contributed by atoms with van der Waals surface area (Å²) < 4.78 is 18.3. The second-order valence-corrected chi connectivity index (χ2v) is 4.05. The Balaban J connectivity index is 2.21. The first-order chi connectivity index (χ1) is 9.22. The topological polar surface area (TPSA) is 38.3 Å². The minimum atomic E-state index is -0.595. The van der Waals surface area contributed by atoms with E-state index in [-0.39, 0.29) is 5.82 Å². The van der Waals surface area contributed by atoms with E-state index in [1.54, 1.807) is 25.3 Å². The first kappa shape index (κ1) is 13.1. The summed E-state index contributed by atoms with van der Waals surface area (Å²) in [4.78, 5) is 11.2. The molecule has 0 saturated heterocycles. The number of anilines is 1. The summed E-state index contributed by atoms with van der Waals surface area (Å²) in [7, 11) is 1.57. The molecule has 0 aliphatic heterocycles. The van der Waals surface area contributed by atoms with Crippen molar-refractivity contribution in [3.63, 3.8) is 0 Å². The lowest BCUT2D eigenvalue weighted by Gasteiger charge is -2.15. The number of halogens is 1. The molecule has 1 unspecified atom stereocenters. The Morgan fingerprint density at radius 2 is 2.00 bits per heavy atom. The smallest absolute Gasteiger partial charge is 0.146 e. The van der Waals surface area contributed by atoms with Crippen molar-refractivity contribution in [1.82, 2.24) is 0 Å². The van der Waals surface area contributed by atoms with Gasteiger partial charge in [0.1, 0.15) is 23.9 Å². The van der Waals surface area contributed by atoms with Crippen LogP contribution in [0.4, 0.5) is 10.1 Å². The van der Waals surface area contributed by atoms with Crippen molar-refractivity contribution in [2.75, 3.05) is 12.4 Å². The molecule has 1 atom stereocenters. The Hall–Kier alpha value is -2.36. The number of methoxy groups -OCH3 is 1. The fourth-order valence-corrected chi connectivity index (χ4v) is 1.79. The molecule has 0 aromatic heterocycles. The van der Waals surface area contributed by atoms with Gasteiger partial charge in [-0.15, -0.1) is 0 Å². The van der Waals surface area contributed by atoms with Gasteiger partial charge in [-0.25, -0.2) is 4.39 Å². The first-order valence-corrected chi connectivity index (χ1v) is 5.84. The van der Waals surface area contributed by atoms with E-state index in [2.05, 4.69) is 5.32 Å². The molecule has 0 radical (unpaired) electrons. The van der Waals surface area contributed by atoms with Crippen molar-refractivity contribution in [2.24, 2.45) is 0 Å². The molecule has 3 nitrogen and oxygen atoms in total. The predicted molar refractivity (Wildman–Crippen MR) is 71.8 cm³/mol. The van der Waals surface area contributed by atoms with Crippen LogP contribution < -0.4 is 10.1 Å². The molecule has 2 rings (SSSR count). The van der Waals surface area contributed by atoms with Crippen LogP contribution >= 0.6 is 0 Å². The fraction of sp³-hybridized carbons (Fsp3) is 0.133. The highest BCUT2D eigenvalue weighted by molar-refractivity contribution is 5.68. The molecule has 0 spiro atoms. The number of aldehydes is 1. The molecule has 98 valence electrons. The van der Waals surface area contributed by atoms with Gasteiger partial charge >= 0.3 is 0 Å². The van der Waals surface area contributed by atoms with Gasteiger partial charge < -0.3 is 14.8 Å². The summed E-state index contributed by atoms with van der Waals surface area (Å²) in [6.07, 6.45) is 0.744. The van der Waals surface area contributed by atoms with Crippen molar-refractivity contribution in [1.29, 1.82) is 0 Å². The second kappa shape index (κ2) is 6.00. The number of ether oxygens (including phenoxy) is 1. The number of hydrogen-bond donors (Lipinski definition) is 1. The van der Waals surface area contributed by atoms with Crippen LogP contribution in [0.5, 0.6) is 5.75 Å². The molecule has 2 aromatic rings. The van der Waals surface area contributed by atoms with E-state index in [1.165, 1.54) is 12.1 Å². The van der Waals surface area contributed by atoms with E-state index in [4.69, 9.17) is 4.74 Å². The molecule has 2 aromatic carbocycles. The maximum atomic E-state index is 13.2. The van der Waals surface area contributed by atoms with E-state index in [1.807, 2.05) is 18.2 Å². The van der Waals surface area contributed by atoms with Crippen LogP contribution in [0.25, 0.3) is 0 Å². The number of carbonyl (C=O) groups is 1. The molecule has 0 bridgehead atoms. The summed E-state index contributed by atoms with van der Waals surface area (Å²) in [5.41, 5.74) is 1.32. The third kappa shape index (κ3) is 3.31. The SMILES string of the molecule is COc1cccc(NC(C=O)c2cccc(F)c2)c1. The highest BCUT2D eigenvalue weighted by Gasteiger charge is 2.11. The van der Waals surface area contributed by atoms with E-state index < -0.39 is 6.04 Å². The third-order valence-electron chi connectivity index (χ3n) is 2.74. The minimum absolute atomic E-state index is 0.364. The number of carbonyl (C=O) groups excluding carboxylic acids is 1. The first-order valence-electron chi connectivity index (χ1n) is 5.84. The van der Waals surface area contributed by atoms with Crippen LogP contribution in [0, 0.1) is 5.82 Å². The molecule has 0 aliphatic rings. The summed E-state index contributed by atoms with van der Waals surface area (Å²) >= 11 is 0. The minimum Gasteiger partial charge on any atom is -0.497 e. The quantitative estimate of drug-likeness (QED) is 0.838. The van der Waals surface area contributed by atoms with Gasteiger partial charge in [-0.05, 0) is 29.8 Å². The highest BCUT2D eigenvalue weighted by Crippen LogP contribution is 2.22. The average Bonchev–Trinajstić information content (AvgIpc) is 2.45. The van der Waals surface area contributed by atoms with Gasteiger partial charge in [0.2, 0.25) is 0 Å². The summed E-state index contributed by atoms with van der Waals surface area (Å²) in [6.45, 7) is 0. The summed E-state index contributed by atoms with van der Waals surface area (Å²) in [6, 6.07) is 12.6. The standard InChI is InChI=1S/C15H14FNO2/c1-19-14-7-3-6-13(9-14)17-15(10-18)11-4-2-5-12(16)8-11/h2-10,15,17H,1H3. The third-order valence-corrected chi connectivity index (χ3v) is 2.74. The molecule has 0 aliphatic carbocycles. The molecule has 1 N–H and O–H groups in total. The average molecular weight is 259 g/mol. The molecule has 0 saturated carbocycles. The van der Waals surface area contributed by atoms with E-state index in [0.717, 1.165) is 12.0 Å². The van der Waals surface area contributed by atoms with Gasteiger partial charge in [0, 0.05) is 11.8 Å². The second-order valence-electron chi connectivity index (χ2n) is 4.05. The van der Waals surface area contributed by atoms with Gasteiger partial charge in [0.25, 0.3) is 0 Å². The zero-order valence-corrected chi connectivity index (χ0v) is 10.5. The monoisotopic (exact) mass is 259 g/mol. The highest BCUT2D eigenvalue weighted by atomic mass is 19.1. The number of benzene rings is 2. The van der Waals surface area contributed by atoms with Crippen molar-refractivity contribution in [2.45, 2.75) is 6.04 Å². The van der Waals surface area contributed by atoms with Crippen molar-refractivity contribution >= 4 is 12.0 Å². The molecule has 0 heterocycles. The fourth-order valence-electron chi connectivity index (χ4n) is 1.79. The zero-order valence-electron chi connectivity index (χ0n) is 10.5. The van der Waals surface area contributed by atoms with E-state index in [0.29, 0.717) is 11.3 Å². The van der Waals surface area contributed by atoms with Crippen LogP contribution in [0.15, 0.2) is 48.5 Å². The van der Waals surface area contributed by atoms with Crippen molar-refractivity contribution < 1.29 is 13.9 Å². The van der Waals surface area contributed by atoms with Gasteiger partial charge in [-0.1, -0.05) is 18.2 Å². The van der Waals surface area contributed by atoms with Crippen molar-refractivity contribution in [3.8, 4) is 5.75 Å². The number of nitrogens with one attached hydrogen (secondary N) is 1. The molecule has 0 fully saturated rings. The number of rotatable bonds is 5. The van der Waals surface area contributed by atoms with Gasteiger partial charge in [-0.3, -0.25) is 0 Å². The Labute approximate surface area is 111 Å². The summed E-state index contributed by atoms with van der Waals surface area (Å²) in [5, 5.41) is 3.03. The molecular weight excluding hydrogens is 245 g/mol. The van der Waals surface area contributed by atoms with Crippen LogP contribution in [-0.4, -0.2) is 13.4 Å². The van der Waals surface area contributed by atoms with Crippen LogP contribution in [0.3, 0.4) is 0 Å². The number of hydrogen-bond acceptors (Lipinski definition) is 3. The van der Waals surface area contributed by atoms with Gasteiger partial charge in [0.15, 0.2) is 0 Å². The maximum absolute atomic E-state index is 13.2. The lowest BCUT2D eigenvalue weighted by Crippen LogP contribution is -2.12. The summed E-state index contributed by atoms with van der Waals surface area (Å²) in [5.74, 6) is 0.325. The van der Waals surface area contributed by atoms with Crippen LogP contribution in [-0.2, 0) is 4.79 Å². The lowest BCUT2D eigenvalue weighted by atomic mass is 10.1. The Kier molecular flexibility index (Phi) is 4.13.